The lowest BCUT2D eigenvalue weighted by Gasteiger charge is -2.38. The van der Waals surface area contributed by atoms with Gasteiger partial charge in [-0.2, -0.15) is 13.2 Å². The van der Waals surface area contributed by atoms with Crippen LogP contribution in [0.3, 0.4) is 0 Å². The zero-order valence-corrected chi connectivity index (χ0v) is 18.6. The molecule has 2 aromatic rings. The molecule has 3 heterocycles. The number of Topliss-reactive ketones (excluding diaryl/α,β-unsaturated/α-hetero) is 1. The van der Waals surface area contributed by atoms with Crippen LogP contribution in [0.5, 0.6) is 0 Å². The molecule has 0 amide bonds. The van der Waals surface area contributed by atoms with Gasteiger partial charge in [0.15, 0.2) is 5.78 Å². The molecule has 0 bridgehead atoms. The Morgan fingerprint density at radius 2 is 2.03 bits per heavy atom. The number of hydrogen-bond donors (Lipinski definition) is 0. The molecule has 174 valence electrons. The van der Waals surface area contributed by atoms with Crippen LogP contribution in [0.1, 0.15) is 44.6 Å². The second-order valence-electron chi connectivity index (χ2n) is 9.01. The van der Waals surface area contributed by atoms with Gasteiger partial charge >= 0.3 is 6.18 Å². The molecule has 2 aliphatic rings. The van der Waals surface area contributed by atoms with Gasteiger partial charge in [0.2, 0.25) is 0 Å². The molecule has 1 aromatic carbocycles. The molecule has 2 aliphatic heterocycles. The molecule has 3 atom stereocenters. The van der Waals surface area contributed by atoms with Crippen molar-refractivity contribution in [2.24, 2.45) is 0 Å². The van der Waals surface area contributed by atoms with E-state index in [1.165, 1.54) is 25.1 Å². The Balaban J connectivity index is 1.52. The summed E-state index contributed by atoms with van der Waals surface area (Å²) in [5, 5.41) is 0.437. The van der Waals surface area contributed by atoms with Gasteiger partial charge in [0.25, 0.3) is 0 Å². The van der Waals surface area contributed by atoms with Crippen LogP contribution in [0.2, 0.25) is 0 Å². The lowest BCUT2D eigenvalue weighted by molar-refractivity contribution is -0.136. The summed E-state index contributed by atoms with van der Waals surface area (Å²) >= 11 is 0. The second kappa shape index (κ2) is 9.35. The molecule has 0 aliphatic carbocycles. The summed E-state index contributed by atoms with van der Waals surface area (Å²) in [6.07, 6.45) is 0.893. The molecule has 0 N–H and O–H groups in total. The third kappa shape index (κ3) is 4.91. The first-order valence-electron chi connectivity index (χ1n) is 11.3. The van der Waals surface area contributed by atoms with Gasteiger partial charge in [-0.05, 0) is 64.0 Å². The summed E-state index contributed by atoms with van der Waals surface area (Å²) < 4.78 is 46.4. The van der Waals surface area contributed by atoms with E-state index in [9.17, 15) is 18.0 Å². The number of morpholine rings is 1. The van der Waals surface area contributed by atoms with Gasteiger partial charge < -0.3 is 14.5 Å². The zero-order valence-electron chi connectivity index (χ0n) is 18.6. The fourth-order valence-electron chi connectivity index (χ4n) is 4.97. The van der Waals surface area contributed by atoms with Crippen molar-refractivity contribution in [2.45, 2.75) is 63.5 Å². The van der Waals surface area contributed by atoms with Crippen molar-refractivity contribution in [3.63, 3.8) is 0 Å². The van der Waals surface area contributed by atoms with E-state index in [4.69, 9.17) is 4.74 Å². The average molecular weight is 450 g/mol. The summed E-state index contributed by atoms with van der Waals surface area (Å²) in [6.45, 7) is 3.80. The number of likely N-dealkylation sites (tertiary alicyclic amines) is 1. The Morgan fingerprint density at radius 3 is 2.78 bits per heavy atom. The number of fused-ring (bicyclic) bond motifs is 1. The average Bonchev–Trinajstić information content (AvgIpc) is 2.76. The van der Waals surface area contributed by atoms with Gasteiger partial charge in [0, 0.05) is 36.3 Å². The monoisotopic (exact) mass is 449 g/mol. The third-order valence-corrected chi connectivity index (χ3v) is 6.66. The van der Waals surface area contributed by atoms with Gasteiger partial charge in [-0.1, -0.05) is 6.42 Å². The number of piperidine rings is 1. The summed E-state index contributed by atoms with van der Waals surface area (Å²) in [5.74, 6) is 0.0647. The second-order valence-corrected chi connectivity index (χ2v) is 9.01. The number of halogens is 3. The van der Waals surface area contributed by atoms with Crippen LogP contribution in [0, 0.1) is 0 Å². The third-order valence-electron chi connectivity index (χ3n) is 6.66. The van der Waals surface area contributed by atoms with Crippen molar-refractivity contribution in [3.05, 3.63) is 36.0 Å². The van der Waals surface area contributed by atoms with E-state index >= 15 is 0 Å². The van der Waals surface area contributed by atoms with Crippen LogP contribution in [0.15, 0.2) is 30.5 Å². The zero-order chi connectivity index (χ0) is 22.9. The Hall–Kier alpha value is -2.19. The number of hydrogen-bond acceptors (Lipinski definition) is 5. The Bertz CT molecular complexity index is 965. The largest absolute Gasteiger partial charge is 0.418 e. The number of carbonyl (C=O) groups excluding carboxylic acids is 1. The predicted octanol–water partition coefficient (Wildman–Crippen LogP) is 4.68. The summed E-state index contributed by atoms with van der Waals surface area (Å²) in [7, 11) is 2.11. The molecular weight excluding hydrogens is 419 g/mol. The van der Waals surface area contributed by atoms with Crippen molar-refractivity contribution in [2.75, 3.05) is 31.6 Å². The van der Waals surface area contributed by atoms with Crippen molar-refractivity contribution in [1.29, 1.82) is 0 Å². The van der Waals surface area contributed by atoms with Crippen molar-refractivity contribution >= 4 is 22.4 Å². The molecule has 1 aromatic heterocycles. The SMILES string of the molecule is C[C@@H]1CN(c2ccc(C(F)(F)F)c3ncccc23)C[C@H](C(=O)CCC2CCCCN2C)O1. The Labute approximate surface area is 186 Å². The topological polar surface area (TPSA) is 45.7 Å². The molecule has 32 heavy (non-hydrogen) atoms. The van der Waals surface area contributed by atoms with Crippen LogP contribution in [0.4, 0.5) is 18.9 Å². The summed E-state index contributed by atoms with van der Waals surface area (Å²) in [6, 6.07) is 6.29. The maximum absolute atomic E-state index is 13.5. The van der Waals surface area contributed by atoms with E-state index in [2.05, 4.69) is 16.9 Å². The van der Waals surface area contributed by atoms with Crippen LogP contribution < -0.4 is 4.90 Å². The maximum atomic E-state index is 13.5. The molecular formula is C24H30F3N3O2. The highest BCUT2D eigenvalue weighted by Crippen LogP contribution is 2.38. The predicted molar refractivity (Wildman–Crippen MR) is 118 cm³/mol. The number of anilines is 1. The molecule has 1 unspecified atom stereocenters. The molecule has 2 saturated heterocycles. The van der Waals surface area contributed by atoms with Crippen molar-refractivity contribution in [1.82, 2.24) is 9.88 Å². The highest BCUT2D eigenvalue weighted by molar-refractivity contribution is 5.94. The first kappa shape index (κ1) is 23.0. The molecule has 8 heteroatoms. The van der Waals surface area contributed by atoms with Crippen molar-refractivity contribution in [3.8, 4) is 0 Å². The fraction of sp³-hybridized carbons (Fsp3) is 0.583. The molecule has 2 fully saturated rings. The van der Waals surface area contributed by atoms with Gasteiger partial charge in [-0.15, -0.1) is 0 Å². The molecule has 0 saturated carbocycles. The van der Waals surface area contributed by atoms with E-state index in [1.807, 2.05) is 11.8 Å². The van der Waals surface area contributed by atoms with Crippen LogP contribution in [0.25, 0.3) is 10.9 Å². The first-order valence-corrected chi connectivity index (χ1v) is 11.3. The Kier molecular flexibility index (Phi) is 6.72. The van der Waals surface area contributed by atoms with Crippen LogP contribution in [-0.2, 0) is 15.7 Å². The number of aromatic nitrogens is 1. The minimum atomic E-state index is -4.48. The maximum Gasteiger partial charge on any atom is 0.418 e. The molecule has 0 spiro atoms. The van der Waals surface area contributed by atoms with Crippen LogP contribution in [-0.4, -0.2) is 60.6 Å². The van der Waals surface area contributed by atoms with E-state index in [0.29, 0.717) is 36.6 Å². The number of ether oxygens (including phenoxy) is 1. The number of pyridine rings is 1. The Morgan fingerprint density at radius 1 is 1.22 bits per heavy atom. The number of carbonyl (C=O) groups is 1. The van der Waals surface area contributed by atoms with E-state index in [-0.39, 0.29) is 17.4 Å². The van der Waals surface area contributed by atoms with E-state index in [1.54, 1.807) is 12.1 Å². The van der Waals surface area contributed by atoms with Gasteiger partial charge in [-0.3, -0.25) is 9.78 Å². The highest BCUT2D eigenvalue weighted by atomic mass is 19.4. The number of rotatable bonds is 5. The normalized spacial score (nSPS) is 25.3. The minimum absolute atomic E-state index is 0.0647. The summed E-state index contributed by atoms with van der Waals surface area (Å²) in [5.41, 5.74) is -0.164. The smallest absolute Gasteiger partial charge is 0.365 e. The van der Waals surface area contributed by atoms with Crippen molar-refractivity contribution < 1.29 is 22.7 Å². The lowest BCUT2D eigenvalue weighted by Crippen LogP contribution is -2.50. The summed E-state index contributed by atoms with van der Waals surface area (Å²) in [4.78, 5) is 21.3. The molecule has 4 rings (SSSR count). The standard InChI is InChI=1S/C24H30F3N3O2/c1-16-14-30(15-22(32-16)21(31)11-8-17-6-3-4-13-29(17)2)20-10-9-19(24(25,26)27)23-18(20)7-5-12-28-23/h5,7,9-10,12,16-17,22H,3-4,6,8,11,13-15H2,1-2H3/t16-,17?,22-/m1/s1. The highest BCUT2D eigenvalue weighted by Gasteiger charge is 2.36. The number of nitrogens with zero attached hydrogens (tertiary/aromatic N) is 3. The molecule has 0 radical (unpaired) electrons. The van der Waals surface area contributed by atoms with Gasteiger partial charge in [0.1, 0.15) is 6.10 Å². The first-order chi connectivity index (χ1) is 15.2. The number of ketones is 1. The molecule has 5 nitrogen and oxygen atoms in total. The number of alkyl halides is 3. The van der Waals surface area contributed by atoms with Gasteiger partial charge in [0.05, 0.1) is 23.7 Å². The lowest BCUT2D eigenvalue weighted by atomic mass is 9.96. The minimum Gasteiger partial charge on any atom is -0.365 e. The van der Waals surface area contributed by atoms with Gasteiger partial charge in [-0.25, -0.2) is 0 Å². The van der Waals surface area contributed by atoms with E-state index in [0.717, 1.165) is 25.5 Å². The fourth-order valence-corrected chi connectivity index (χ4v) is 4.97. The van der Waals surface area contributed by atoms with E-state index < -0.39 is 17.8 Å². The van der Waals surface area contributed by atoms with Crippen LogP contribution >= 0.6 is 0 Å². The quantitative estimate of drug-likeness (QED) is 0.663. The number of benzene rings is 1.